The van der Waals surface area contributed by atoms with Crippen molar-refractivity contribution < 1.29 is 19.1 Å². The molecule has 0 aliphatic carbocycles. The van der Waals surface area contributed by atoms with E-state index in [2.05, 4.69) is 5.32 Å². The maximum absolute atomic E-state index is 12.7. The Morgan fingerprint density at radius 3 is 2.40 bits per heavy atom. The van der Waals surface area contributed by atoms with Crippen LogP contribution in [0.15, 0.2) is 66.2 Å². The third kappa shape index (κ3) is 5.49. The standard InChI is InChI=1S/C20H21NO4/c1-14(2)12-18(22)25-19(15-8-5-4-6-9-15)20(23)21-16-10-7-11-17(13-16)24-3/h4-13,19H,1-3H3,(H,21,23)/t19-/m1/s1. The first-order chi connectivity index (χ1) is 12.0. The molecule has 0 spiro atoms. The SMILES string of the molecule is COc1cccc(NC(=O)[C@H](OC(=O)C=C(C)C)c2ccccc2)c1. The molecule has 2 rings (SSSR count). The minimum Gasteiger partial charge on any atom is -0.497 e. The number of amides is 1. The van der Waals surface area contributed by atoms with E-state index in [0.717, 1.165) is 5.57 Å². The van der Waals surface area contributed by atoms with Crippen molar-refractivity contribution >= 4 is 17.6 Å². The lowest BCUT2D eigenvalue weighted by Crippen LogP contribution is -2.25. The van der Waals surface area contributed by atoms with Crippen LogP contribution in [0.4, 0.5) is 5.69 Å². The summed E-state index contributed by atoms with van der Waals surface area (Å²) in [6.45, 7) is 3.57. The highest BCUT2D eigenvalue weighted by Gasteiger charge is 2.24. The zero-order chi connectivity index (χ0) is 18.2. The molecule has 25 heavy (non-hydrogen) atoms. The summed E-state index contributed by atoms with van der Waals surface area (Å²) in [4.78, 5) is 24.7. The van der Waals surface area contributed by atoms with Crippen molar-refractivity contribution in [3.8, 4) is 5.75 Å². The van der Waals surface area contributed by atoms with E-state index in [1.165, 1.54) is 6.08 Å². The lowest BCUT2D eigenvalue weighted by Gasteiger charge is -2.17. The fourth-order valence-corrected chi connectivity index (χ4v) is 2.20. The maximum Gasteiger partial charge on any atom is 0.331 e. The number of ether oxygens (including phenoxy) is 2. The molecule has 0 fully saturated rings. The van der Waals surface area contributed by atoms with Crippen LogP contribution in [-0.2, 0) is 14.3 Å². The number of esters is 1. The van der Waals surface area contributed by atoms with Gasteiger partial charge in [0.05, 0.1) is 7.11 Å². The minimum atomic E-state index is -1.05. The van der Waals surface area contributed by atoms with Crippen molar-refractivity contribution in [3.63, 3.8) is 0 Å². The molecule has 1 atom stereocenters. The van der Waals surface area contributed by atoms with Crippen LogP contribution in [0.2, 0.25) is 0 Å². The molecule has 0 unspecified atom stereocenters. The van der Waals surface area contributed by atoms with E-state index in [-0.39, 0.29) is 0 Å². The minimum absolute atomic E-state index is 0.435. The quantitative estimate of drug-likeness (QED) is 0.641. The van der Waals surface area contributed by atoms with Gasteiger partial charge in [0, 0.05) is 23.4 Å². The summed E-state index contributed by atoms with van der Waals surface area (Å²) in [6.07, 6.45) is 0.310. The molecule has 2 aromatic carbocycles. The summed E-state index contributed by atoms with van der Waals surface area (Å²) in [5.41, 5.74) is 1.95. The molecule has 0 aromatic heterocycles. The second-order valence-electron chi connectivity index (χ2n) is 5.67. The molecule has 2 aromatic rings. The first-order valence-electron chi connectivity index (χ1n) is 7.85. The van der Waals surface area contributed by atoms with Crippen LogP contribution in [0.1, 0.15) is 25.5 Å². The number of allylic oxidation sites excluding steroid dienone is 1. The molecule has 1 amide bonds. The first-order valence-corrected chi connectivity index (χ1v) is 7.85. The van der Waals surface area contributed by atoms with Crippen LogP contribution in [0.5, 0.6) is 5.75 Å². The van der Waals surface area contributed by atoms with E-state index >= 15 is 0 Å². The van der Waals surface area contributed by atoms with Crippen molar-refractivity contribution in [2.75, 3.05) is 12.4 Å². The van der Waals surface area contributed by atoms with Crippen molar-refractivity contribution in [2.24, 2.45) is 0 Å². The van der Waals surface area contributed by atoms with Crippen LogP contribution in [0.3, 0.4) is 0 Å². The smallest absolute Gasteiger partial charge is 0.331 e. The van der Waals surface area contributed by atoms with Gasteiger partial charge in [-0.15, -0.1) is 0 Å². The van der Waals surface area contributed by atoms with E-state index in [4.69, 9.17) is 9.47 Å². The van der Waals surface area contributed by atoms with Crippen LogP contribution >= 0.6 is 0 Å². The summed E-state index contributed by atoms with van der Waals surface area (Å²) < 4.78 is 10.5. The zero-order valence-electron chi connectivity index (χ0n) is 14.5. The lowest BCUT2D eigenvalue weighted by atomic mass is 10.1. The summed E-state index contributed by atoms with van der Waals surface area (Å²) >= 11 is 0. The fraction of sp³-hybridized carbons (Fsp3) is 0.200. The van der Waals surface area contributed by atoms with Gasteiger partial charge in [-0.1, -0.05) is 42.0 Å². The molecule has 0 saturated carbocycles. The number of rotatable bonds is 6. The number of hydrogen-bond acceptors (Lipinski definition) is 4. The van der Waals surface area contributed by atoms with Crippen molar-refractivity contribution in [1.29, 1.82) is 0 Å². The number of hydrogen-bond donors (Lipinski definition) is 1. The largest absolute Gasteiger partial charge is 0.497 e. The van der Waals surface area contributed by atoms with E-state index < -0.39 is 18.0 Å². The highest BCUT2D eigenvalue weighted by molar-refractivity contribution is 5.97. The van der Waals surface area contributed by atoms with Gasteiger partial charge in [-0.25, -0.2) is 4.79 Å². The Labute approximate surface area is 147 Å². The Morgan fingerprint density at radius 1 is 1.04 bits per heavy atom. The van der Waals surface area contributed by atoms with E-state index in [9.17, 15) is 9.59 Å². The highest BCUT2D eigenvalue weighted by atomic mass is 16.5. The van der Waals surface area contributed by atoms with Crippen LogP contribution in [-0.4, -0.2) is 19.0 Å². The maximum atomic E-state index is 12.7. The van der Waals surface area contributed by atoms with Crippen LogP contribution in [0.25, 0.3) is 0 Å². The topological polar surface area (TPSA) is 64.6 Å². The third-order valence-electron chi connectivity index (χ3n) is 3.32. The Balaban J connectivity index is 2.23. The number of carbonyl (C=O) groups is 2. The molecule has 0 bridgehead atoms. The molecule has 0 heterocycles. The van der Waals surface area contributed by atoms with Gasteiger partial charge in [0.25, 0.3) is 5.91 Å². The Morgan fingerprint density at radius 2 is 1.76 bits per heavy atom. The van der Waals surface area contributed by atoms with Crippen LogP contribution in [0, 0.1) is 0 Å². The van der Waals surface area contributed by atoms with Gasteiger partial charge >= 0.3 is 5.97 Å². The normalized spacial score (nSPS) is 11.2. The van der Waals surface area contributed by atoms with Gasteiger partial charge in [0.1, 0.15) is 5.75 Å². The van der Waals surface area contributed by atoms with Crippen molar-refractivity contribution in [2.45, 2.75) is 20.0 Å². The van der Waals surface area contributed by atoms with Gasteiger partial charge in [-0.05, 0) is 26.0 Å². The summed E-state index contributed by atoms with van der Waals surface area (Å²) in [5.74, 6) is -0.375. The monoisotopic (exact) mass is 339 g/mol. The summed E-state index contributed by atoms with van der Waals surface area (Å²) in [6, 6.07) is 15.9. The molecule has 0 aliphatic rings. The summed E-state index contributed by atoms with van der Waals surface area (Å²) in [7, 11) is 1.55. The second-order valence-corrected chi connectivity index (χ2v) is 5.67. The molecular formula is C20H21NO4. The van der Waals surface area contributed by atoms with Crippen molar-refractivity contribution in [1.82, 2.24) is 0 Å². The predicted octanol–water partition coefficient (Wildman–Crippen LogP) is 3.88. The van der Waals surface area contributed by atoms with E-state index in [1.54, 1.807) is 69.5 Å². The van der Waals surface area contributed by atoms with Gasteiger partial charge < -0.3 is 14.8 Å². The molecule has 0 aliphatic heterocycles. The first kappa shape index (κ1) is 18.3. The van der Waals surface area contributed by atoms with Gasteiger partial charge in [-0.2, -0.15) is 0 Å². The molecule has 130 valence electrons. The van der Waals surface area contributed by atoms with E-state index in [1.807, 2.05) is 6.07 Å². The molecule has 0 saturated heterocycles. The molecular weight excluding hydrogens is 318 g/mol. The average molecular weight is 339 g/mol. The van der Waals surface area contributed by atoms with Gasteiger partial charge in [0.15, 0.2) is 0 Å². The lowest BCUT2D eigenvalue weighted by molar-refractivity contribution is -0.149. The second kappa shape index (κ2) is 8.68. The average Bonchev–Trinajstić information content (AvgIpc) is 2.60. The van der Waals surface area contributed by atoms with Crippen LogP contribution < -0.4 is 10.1 Å². The Bertz CT molecular complexity index is 764. The Kier molecular flexibility index (Phi) is 6.34. The fourth-order valence-electron chi connectivity index (χ4n) is 2.20. The number of anilines is 1. The zero-order valence-corrected chi connectivity index (χ0v) is 14.5. The van der Waals surface area contributed by atoms with Gasteiger partial charge in [0.2, 0.25) is 6.10 Å². The summed E-state index contributed by atoms with van der Waals surface area (Å²) in [5, 5.41) is 2.76. The number of carbonyl (C=O) groups excluding carboxylic acids is 2. The number of nitrogens with one attached hydrogen (secondary N) is 1. The Hall–Kier alpha value is -3.08. The van der Waals surface area contributed by atoms with Crippen molar-refractivity contribution in [3.05, 3.63) is 71.8 Å². The van der Waals surface area contributed by atoms with E-state index in [0.29, 0.717) is 17.0 Å². The van der Waals surface area contributed by atoms with Gasteiger partial charge in [-0.3, -0.25) is 4.79 Å². The molecule has 5 nitrogen and oxygen atoms in total. The number of methoxy groups -OCH3 is 1. The molecule has 0 radical (unpaired) electrons. The predicted molar refractivity (Wildman–Crippen MR) is 96.3 cm³/mol. The number of benzene rings is 2. The molecule has 1 N–H and O–H groups in total. The third-order valence-corrected chi connectivity index (χ3v) is 3.32. The highest BCUT2D eigenvalue weighted by Crippen LogP contribution is 2.22. The molecule has 5 heteroatoms.